The highest BCUT2D eigenvalue weighted by molar-refractivity contribution is 5.95. The molecule has 0 unspecified atom stereocenters. The Bertz CT molecular complexity index is 1400. The summed E-state index contributed by atoms with van der Waals surface area (Å²) in [6.45, 7) is 2.32. The van der Waals surface area contributed by atoms with Crippen LogP contribution in [0, 0.1) is 6.92 Å². The van der Waals surface area contributed by atoms with E-state index in [2.05, 4.69) is 4.98 Å². The first kappa shape index (κ1) is 23.9. The van der Waals surface area contributed by atoms with Crippen molar-refractivity contribution in [2.45, 2.75) is 20.0 Å². The van der Waals surface area contributed by atoms with Gasteiger partial charge in [0, 0.05) is 34.8 Å². The van der Waals surface area contributed by atoms with Gasteiger partial charge in [0.25, 0.3) is 11.5 Å². The number of para-hydroxylation sites is 1. The predicted molar refractivity (Wildman–Crippen MR) is 135 cm³/mol. The molecular weight excluding hydrogens is 444 g/mol. The number of ether oxygens (including phenoxy) is 3. The van der Waals surface area contributed by atoms with Crippen molar-refractivity contribution in [3.8, 4) is 17.2 Å². The van der Waals surface area contributed by atoms with E-state index in [0.29, 0.717) is 28.4 Å². The van der Waals surface area contributed by atoms with Crippen molar-refractivity contribution in [2.24, 2.45) is 0 Å². The van der Waals surface area contributed by atoms with Crippen molar-refractivity contribution in [1.29, 1.82) is 0 Å². The number of methoxy groups -OCH3 is 3. The number of H-pyrrole nitrogens is 1. The van der Waals surface area contributed by atoms with E-state index in [-0.39, 0.29) is 24.6 Å². The van der Waals surface area contributed by atoms with Crippen LogP contribution in [0.2, 0.25) is 0 Å². The lowest BCUT2D eigenvalue weighted by Gasteiger charge is -2.24. The monoisotopic (exact) mass is 472 g/mol. The second-order valence-electron chi connectivity index (χ2n) is 8.29. The van der Waals surface area contributed by atoms with Gasteiger partial charge in [0.1, 0.15) is 17.2 Å². The number of benzene rings is 3. The van der Waals surface area contributed by atoms with Gasteiger partial charge < -0.3 is 24.1 Å². The Kier molecular flexibility index (Phi) is 7.06. The van der Waals surface area contributed by atoms with Crippen molar-refractivity contribution in [3.05, 3.63) is 99.3 Å². The fourth-order valence-electron chi connectivity index (χ4n) is 4.04. The zero-order chi connectivity index (χ0) is 24.9. The molecule has 1 heterocycles. The number of fused-ring (bicyclic) bond motifs is 1. The topological polar surface area (TPSA) is 80.9 Å². The molecule has 0 bridgehead atoms. The Labute approximate surface area is 203 Å². The normalized spacial score (nSPS) is 10.7. The number of nitrogens with zero attached hydrogens (tertiary/aromatic N) is 1. The summed E-state index contributed by atoms with van der Waals surface area (Å²) >= 11 is 0. The quantitative estimate of drug-likeness (QED) is 0.402. The lowest BCUT2D eigenvalue weighted by molar-refractivity contribution is 0.0727. The molecule has 1 N–H and O–H groups in total. The van der Waals surface area contributed by atoms with E-state index in [4.69, 9.17) is 14.2 Å². The van der Waals surface area contributed by atoms with Gasteiger partial charge >= 0.3 is 0 Å². The van der Waals surface area contributed by atoms with Crippen LogP contribution in [0.15, 0.2) is 71.5 Å². The van der Waals surface area contributed by atoms with Crippen molar-refractivity contribution >= 4 is 16.8 Å². The highest BCUT2D eigenvalue weighted by atomic mass is 16.5. The van der Waals surface area contributed by atoms with Crippen LogP contribution in [0.1, 0.15) is 27.0 Å². The summed E-state index contributed by atoms with van der Waals surface area (Å²) in [7, 11) is 4.66. The summed E-state index contributed by atoms with van der Waals surface area (Å²) in [5, 5.41) is 0.901. The first-order chi connectivity index (χ1) is 16.9. The summed E-state index contributed by atoms with van der Waals surface area (Å²) in [5.41, 5.74) is 3.29. The molecule has 3 aromatic carbocycles. The molecule has 4 aromatic rings. The van der Waals surface area contributed by atoms with Crippen molar-refractivity contribution in [2.75, 3.05) is 21.3 Å². The van der Waals surface area contributed by atoms with E-state index >= 15 is 0 Å². The summed E-state index contributed by atoms with van der Waals surface area (Å²) < 4.78 is 16.2. The molecule has 0 saturated heterocycles. The minimum Gasteiger partial charge on any atom is -0.497 e. The van der Waals surface area contributed by atoms with E-state index in [1.807, 2.05) is 55.5 Å². The molecule has 35 heavy (non-hydrogen) atoms. The fraction of sp³-hybridized carbons (Fsp3) is 0.214. The number of carbonyl (C=O) groups is 1. The molecule has 4 rings (SSSR count). The van der Waals surface area contributed by atoms with E-state index < -0.39 is 0 Å². The maximum atomic E-state index is 13.8. The predicted octanol–water partition coefficient (Wildman–Crippen LogP) is 4.70. The Morgan fingerprint density at radius 1 is 0.829 bits per heavy atom. The van der Waals surface area contributed by atoms with Crippen LogP contribution in [0.5, 0.6) is 17.2 Å². The number of aromatic nitrogens is 1. The number of carbonyl (C=O) groups excluding carboxylic acids is 1. The number of hydrogen-bond donors (Lipinski definition) is 1. The Balaban J connectivity index is 1.77. The molecular formula is C28H28N2O5. The van der Waals surface area contributed by atoms with Crippen LogP contribution in [-0.4, -0.2) is 37.1 Å². The molecule has 0 saturated carbocycles. The van der Waals surface area contributed by atoms with Gasteiger partial charge in [-0.05, 0) is 48.2 Å². The number of amides is 1. The average Bonchev–Trinajstić information content (AvgIpc) is 2.88. The number of aryl methyl sites for hydroxylation is 1. The first-order valence-corrected chi connectivity index (χ1v) is 11.2. The summed E-state index contributed by atoms with van der Waals surface area (Å²) in [4.78, 5) is 31.3. The molecule has 0 radical (unpaired) electrons. The molecule has 0 atom stereocenters. The minimum absolute atomic E-state index is 0.107. The Morgan fingerprint density at radius 3 is 2.20 bits per heavy atom. The average molecular weight is 473 g/mol. The molecule has 0 aliphatic carbocycles. The Morgan fingerprint density at radius 2 is 1.51 bits per heavy atom. The number of hydrogen-bond acceptors (Lipinski definition) is 5. The molecule has 0 aliphatic heterocycles. The molecule has 1 aromatic heterocycles. The van der Waals surface area contributed by atoms with E-state index in [9.17, 15) is 9.59 Å². The zero-order valence-electron chi connectivity index (χ0n) is 20.3. The van der Waals surface area contributed by atoms with Crippen LogP contribution < -0.4 is 19.8 Å². The first-order valence-electron chi connectivity index (χ1n) is 11.2. The van der Waals surface area contributed by atoms with Gasteiger partial charge in [0.05, 0.1) is 27.9 Å². The molecule has 180 valence electrons. The zero-order valence-corrected chi connectivity index (χ0v) is 20.3. The van der Waals surface area contributed by atoms with Gasteiger partial charge in [-0.15, -0.1) is 0 Å². The maximum Gasteiger partial charge on any atom is 0.254 e. The summed E-state index contributed by atoms with van der Waals surface area (Å²) in [5.74, 6) is 1.40. The second kappa shape index (κ2) is 10.3. The van der Waals surface area contributed by atoms with Gasteiger partial charge in [0.15, 0.2) is 0 Å². The maximum absolute atomic E-state index is 13.8. The molecule has 7 nitrogen and oxygen atoms in total. The van der Waals surface area contributed by atoms with Crippen LogP contribution in [0.25, 0.3) is 10.9 Å². The summed E-state index contributed by atoms with van der Waals surface area (Å²) in [6.07, 6.45) is 0. The SMILES string of the molecule is COc1cc(OC)cc(C(=O)N(Cc2ccccc2OC)Cc2cc3ccc(C)cc3[nH]c2=O)c1. The van der Waals surface area contributed by atoms with Crippen molar-refractivity contribution in [3.63, 3.8) is 0 Å². The highest BCUT2D eigenvalue weighted by Crippen LogP contribution is 2.26. The third kappa shape index (κ3) is 5.30. The molecule has 0 fully saturated rings. The van der Waals surface area contributed by atoms with Gasteiger partial charge in [-0.25, -0.2) is 0 Å². The van der Waals surface area contributed by atoms with Crippen LogP contribution >= 0.6 is 0 Å². The van der Waals surface area contributed by atoms with Gasteiger partial charge in [-0.1, -0.05) is 30.3 Å². The standard InChI is InChI=1S/C28H28N2O5/c1-18-9-10-19-12-22(27(31)29-25(19)11-18)17-30(16-20-7-5-6-8-26(20)35-4)28(32)21-13-23(33-2)15-24(14-21)34-3/h5-15H,16-17H2,1-4H3,(H,29,31). The smallest absolute Gasteiger partial charge is 0.254 e. The number of aromatic amines is 1. The summed E-state index contributed by atoms with van der Waals surface area (Å²) in [6, 6.07) is 20.3. The van der Waals surface area contributed by atoms with Gasteiger partial charge in [0.2, 0.25) is 0 Å². The number of pyridine rings is 1. The number of nitrogens with one attached hydrogen (secondary N) is 1. The lowest BCUT2D eigenvalue weighted by Crippen LogP contribution is -2.32. The largest absolute Gasteiger partial charge is 0.497 e. The second-order valence-corrected chi connectivity index (χ2v) is 8.29. The van der Waals surface area contributed by atoms with Gasteiger partial charge in [-0.2, -0.15) is 0 Å². The highest BCUT2D eigenvalue weighted by Gasteiger charge is 2.21. The van der Waals surface area contributed by atoms with Crippen molar-refractivity contribution in [1.82, 2.24) is 9.88 Å². The van der Waals surface area contributed by atoms with Gasteiger partial charge in [-0.3, -0.25) is 9.59 Å². The fourth-order valence-corrected chi connectivity index (χ4v) is 4.04. The molecule has 1 amide bonds. The van der Waals surface area contributed by atoms with Crippen LogP contribution in [0.3, 0.4) is 0 Å². The Hall–Kier alpha value is -4.26. The van der Waals surface area contributed by atoms with E-state index in [1.54, 1.807) is 30.2 Å². The van der Waals surface area contributed by atoms with E-state index in [1.165, 1.54) is 14.2 Å². The minimum atomic E-state index is -0.267. The third-order valence-corrected chi connectivity index (χ3v) is 5.88. The van der Waals surface area contributed by atoms with Crippen LogP contribution in [0.4, 0.5) is 0 Å². The van der Waals surface area contributed by atoms with Crippen molar-refractivity contribution < 1.29 is 19.0 Å². The molecule has 0 aliphatic rings. The molecule has 7 heteroatoms. The molecule has 0 spiro atoms. The lowest BCUT2D eigenvalue weighted by atomic mass is 10.1. The van der Waals surface area contributed by atoms with Crippen LogP contribution in [-0.2, 0) is 13.1 Å². The third-order valence-electron chi connectivity index (χ3n) is 5.88. The van der Waals surface area contributed by atoms with E-state index in [0.717, 1.165) is 22.0 Å². The number of rotatable bonds is 8.